The van der Waals surface area contributed by atoms with Gasteiger partial charge in [0, 0.05) is 55.6 Å². The van der Waals surface area contributed by atoms with E-state index < -0.39 is 48.5 Å². The van der Waals surface area contributed by atoms with Crippen molar-refractivity contribution in [2.24, 2.45) is 0 Å². The van der Waals surface area contributed by atoms with Crippen LogP contribution < -0.4 is 19.5 Å². The number of fused-ring (bicyclic) bond motifs is 1. The van der Waals surface area contributed by atoms with Crippen molar-refractivity contribution in [3.05, 3.63) is 182 Å². The summed E-state index contributed by atoms with van der Waals surface area (Å²) in [7, 11) is 1.49. The fourth-order valence-electron chi connectivity index (χ4n) is 9.33. The Hall–Kier alpha value is -8.16. The molecule has 7 aromatic rings. The second kappa shape index (κ2) is 27.1. The zero-order valence-corrected chi connectivity index (χ0v) is 46.0. The molecule has 22 nitrogen and oxygen atoms in total. The number of methoxy groups -OCH3 is 2. The second-order valence-corrected chi connectivity index (χ2v) is 20.5. The number of amides is 1. The number of carbonyl (C=O) groups excluding carboxylic acids is 1. The summed E-state index contributed by atoms with van der Waals surface area (Å²) in [5.74, 6) is 1.14. The number of nitriles is 1. The third kappa shape index (κ3) is 14.0. The van der Waals surface area contributed by atoms with Crippen LogP contribution in [0.15, 0.2) is 134 Å². The van der Waals surface area contributed by atoms with Crippen molar-refractivity contribution in [2.45, 2.75) is 89.5 Å². The molecule has 0 radical (unpaired) electrons. The molecule has 1 amide bonds. The van der Waals surface area contributed by atoms with E-state index in [0.717, 1.165) is 22.3 Å². The van der Waals surface area contributed by atoms with E-state index in [4.69, 9.17) is 47.4 Å². The van der Waals surface area contributed by atoms with Gasteiger partial charge in [-0.15, -0.1) is 0 Å². The van der Waals surface area contributed by atoms with Gasteiger partial charge in [-0.25, -0.2) is 14.4 Å². The van der Waals surface area contributed by atoms with Crippen molar-refractivity contribution in [3.63, 3.8) is 0 Å². The summed E-state index contributed by atoms with van der Waals surface area (Å²) in [6.07, 6.45) is -0.713. The van der Waals surface area contributed by atoms with E-state index >= 15 is 0 Å². The molecule has 1 aliphatic rings. The van der Waals surface area contributed by atoms with Gasteiger partial charge in [0.1, 0.15) is 29.4 Å². The molecule has 1 saturated heterocycles. The monoisotopic (exact) mass is 1110 g/mol. The van der Waals surface area contributed by atoms with Gasteiger partial charge in [-0.05, 0) is 79.8 Å². The molecule has 23 heteroatoms. The van der Waals surface area contributed by atoms with Gasteiger partial charge < -0.3 is 37.5 Å². The first kappa shape index (κ1) is 58.0. The number of anilines is 1. The molecule has 4 atom stereocenters. The molecule has 0 bridgehead atoms. The summed E-state index contributed by atoms with van der Waals surface area (Å²) >= 11 is 0. The molecular formula is C57H62N9O13P. The smallest absolute Gasteiger partial charge is 0.414 e. The highest BCUT2D eigenvalue weighted by Crippen LogP contribution is 2.49. The number of rotatable bonds is 27. The molecule has 418 valence electrons. The number of hydrogen-bond donors (Lipinski definition) is 1. The molecule has 1 fully saturated rings. The predicted molar refractivity (Wildman–Crippen MR) is 296 cm³/mol. The van der Waals surface area contributed by atoms with Crippen molar-refractivity contribution in [1.29, 1.82) is 5.26 Å². The Bertz CT molecular complexity index is 3160. The minimum absolute atomic E-state index is 0.0113. The molecule has 2 aromatic heterocycles. The maximum Gasteiger partial charge on any atom is 0.414 e. The number of nitro benzene ring substituents is 2. The minimum atomic E-state index is -1.72. The van der Waals surface area contributed by atoms with Crippen LogP contribution in [0.4, 0.5) is 22.1 Å². The summed E-state index contributed by atoms with van der Waals surface area (Å²) in [4.78, 5) is 49.1. The SMILES string of the molecule is COc1ccc(C(O[C@H]2C[C@H](n3cnc4c(OCCc5ccc([N+](=O)[O-])cc5)nc(NC(=O)OCCc5ccc([N+](=O)[O-])cc5)nc43)O[C@@H]2COP(OCCC#N)N(C(C)C)C(C)C)(c2ccccc2)c2ccc(OC)cc2)cc1. The van der Waals surface area contributed by atoms with Gasteiger partial charge in [0.05, 0.1) is 75.4 Å². The normalized spacial score (nSPS) is 15.7. The molecule has 0 saturated carbocycles. The van der Waals surface area contributed by atoms with Crippen LogP contribution in [0.1, 0.15) is 74.6 Å². The number of nitro groups is 2. The van der Waals surface area contributed by atoms with Crippen LogP contribution in [0, 0.1) is 31.6 Å². The number of imidazole rings is 1. The van der Waals surface area contributed by atoms with Gasteiger partial charge in [-0.1, -0.05) is 78.9 Å². The standard InChI is InChI=1S/C57H62N9O13P/c1-38(2)64(39(3)4)80(76-32-10-31-58)77-36-50-49(79-57(42-11-8-7-9-12-42,43-17-25-47(72-5)26-18-43)44-19-27-48(73-6)28-20-44)35-51(78-50)63-37-59-52-53(63)60-55(61-54(52)74-33-29-40-13-21-45(22-14-40)65(68)69)62-56(67)75-34-30-41-15-23-46(24-16-41)66(70)71/h7-9,11-28,37-39,49-51H,10,29-30,32-36H2,1-6H3,(H,60,61,62,67)/t49-,50+,51+,80?/m0/s1. The van der Waals surface area contributed by atoms with Crippen molar-refractivity contribution < 1.29 is 52.1 Å². The number of hydrogen-bond acceptors (Lipinski definition) is 18. The first-order valence-corrected chi connectivity index (χ1v) is 27.0. The number of benzene rings is 5. The Balaban J connectivity index is 1.18. The second-order valence-electron chi connectivity index (χ2n) is 19.0. The first-order chi connectivity index (χ1) is 38.7. The molecule has 80 heavy (non-hydrogen) atoms. The third-order valence-corrected chi connectivity index (χ3v) is 15.2. The van der Waals surface area contributed by atoms with Crippen LogP contribution in [0.3, 0.4) is 0 Å². The van der Waals surface area contributed by atoms with E-state index in [0.29, 0.717) is 23.5 Å². The van der Waals surface area contributed by atoms with Gasteiger partial charge >= 0.3 is 6.09 Å². The third-order valence-electron chi connectivity index (χ3n) is 13.2. The lowest BCUT2D eigenvalue weighted by atomic mass is 9.79. The number of ether oxygens (including phenoxy) is 6. The van der Waals surface area contributed by atoms with Crippen molar-refractivity contribution >= 4 is 43.1 Å². The molecule has 1 N–H and O–H groups in total. The largest absolute Gasteiger partial charge is 0.497 e. The van der Waals surface area contributed by atoms with Crippen LogP contribution in [0.5, 0.6) is 17.4 Å². The lowest BCUT2D eigenvalue weighted by molar-refractivity contribution is -0.385. The van der Waals surface area contributed by atoms with Crippen LogP contribution >= 0.6 is 8.53 Å². The van der Waals surface area contributed by atoms with Gasteiger partial charge in [-0.3, -0.25) is 30.1 Å². The predicted octanol–water partition coefficient (Wildman–Crippen LogP) is 11.0. The van der Waals surface area contributed by atoms with Crippen molar-refractivity contribution in [1.82, 2.24) is 24.2 Å². The van der Waals surface area contributed by atoms with Crippen molar-refractivity contribution in [2.75, 3.05) is 46.0 Å². The van der Waals surface area contributed by atoms with E-state index in [1.54, 1.807) is 49.4 Å². The fraction of sp³-hybridized carbons (Fsp3) is 0.351. The number of aromatic nitrogens is 4. The Kier molecular flexibility index (Phi) is 19.7. The van der Waals surface area contributed by atoms with E-state index in [2.05, 4.69) is 48.7 Å². The summed E-state index contributed by atoms with van der Waals surface area (Å²) in [5, 5.41) is 34.6. The molecular weight excluding hydrogens is 1050 g/mol. The quantitative estimate of drug-likeness (QED) is 0.0165. The van der Waals surface area contributed by atoms with Gasteiger partial charge in [-0.2, -0.15) is 15.2 Å². The van der Waals surface area contributed by atoms with Crippen molar-refractivity contribution in [3.8, 4) is 23.4 Å². The topological polar surface area (TPSA) is 260 Å². The zero-order chi connectivity index (χ0) is 56.8. The Morgan fingerprint density at radius 2 is 1.35 bits per heavy atom. The highest BCUT2D eigenvalue weighted by atomic mass is 31.2. The van der Waals surface area contributed by atoms with Crippen LogP contribution in [0.2, 0.25) is 0 Å². The van der Waals surface area contributed by atoms with E-state index in [1.165, 1.54) is 24.3 Å². The molecule has 5 aromatic carbocycles. The Morgan fingerprint density at radius 3 is 1.89 bits per heavy atom. The zero-order valence-electron chi connectivity index (χ0n) is 45.1. The molecule has 1 aliphatic heterocycles. The summed E-state index contributed by atoms with van der Waals surface area (Å²) in [6, 6.07) is 39.5. The maximum atomic E-state index is 13.4. The van der Waals surface area contributed by atoms with Gasteiger partial charge in [0.2, 0.25) is 11.8 Å². The first-order valence-electron chi connectivity index (χ1n) is 25.9. The highest BCUT2D eigenvalue weighted by molar-refractivity contribution is 7.44. The molecule has 3 heterocycles. The van der Waals surface area contributed by atoms with E-state index in [1.807, 2.05) is 78.9 Å². The minimum Gasteiger partial charge on any atom is -0.497 e. The average Bonchev–Trinajstić information content (AvgIpc) is 4.14. The van der Waals surface area contributed by atoms with Crippen LogP contribution in [-0.2, 0) is 41.7 Å². The Morgan fingerprint density at radius 1 is 0.787 bits per heavy atom. The number of non-ortho nitro benzene ring substituents is 2. The van der Waals surface area contributed by atoms with Gasteiger partial charge in [0.25, 0.3) is 19.9 Å². The number of carbonyl (C=O) groups is 1. The molecule has 0 aliphatic carbocycles. The summed E-state index contributed by atoms with van der Waals surface area (Å²) < 4.78 is 54.9. The number of nitrogens with zero attached hydrogens (tertiary/aromatic N) is 8. The summed E-state index contributed by atoms with van der Waals surface area (Å²) in [6.45, 7) is 8.37. The average molecular weight is 1110 g/mol. The molecule has 1 unspecified atom stereocenters. The van der Waals surface area contributed by atoms with E-state index in [9.17, 15) is 30.3 Å². The van der Waals surface area contributed by atoms with E-state index in [-0.39, 0.29) is 92.1 Å². The summed E-state index contributed by atoms with van der Waals surface area (Å²) in [5.41, 5.74) is 2.95. The van der Waals surface area contributed by atoms with Crippen LogP contribution in [-0.4, -0.2) is 105 Å². The lowest BCUT2D eigenvalue weighted by Gasteiger charge is -2.40. The van der Waals surface area contributed by atoms with Gasteiger partial charge in [0.15, 0.2) is 11.2 Å². The van der Waals surface area contributed by atoms with Crippen LogP contribution in [0.25, 0.3) is 11.2 Å². The number of nitrogens with one attached hydrogen (secondary N) is 1. The molecule has 8 rings (SSSR count). The molecule has 0 spiro atoms. The lowest BCUT2D eigenvalue weighted by Crippen LogP contribution is -2.41. The fourth-order valence-corrected chi connectivity index (χ4v) is 10.9. The Labute approximate surface area is 463 Å². The maximum absolute atomic E-state index is 13.4. The highest BCUT2D eigenvalue weighted by Gasteiger charge is 2.47.